The Morgan fingerprint density at radius 2 is 2.07 bits per heavy atom. The van der Waals surface area contributed by atoms with Crippen LogP contribution >= 0.6 is 0 Å². The zero-order chi connectivity index (χ0) is 20.7. The monoisotopic (exact) mass is 386 g/mol. The van der Waals surface area contributed by atoms with Crippen molar-refractivity contribution in [3.05, 3.63) is 24.3 Å². The van der Waals surface area contributed by atoms with Crippen LogP contribution in [0, 0.1) is 16.7 Å². The molecule has 150 valence electrons. The van der Waals surface area contributed by atoms with Gasteiger partial charge in [-0.25, -0.2) is 4.79 Å². The highest BCUT2D eigenvalue weighted by atomic mass is 16.6. The molecule has 1 aromatic carbocycles. The largest absolute Gasteiger partial charge is 0.489 e. The summed E-state index contributed by atoms with van der Waals surface area (Å²) in [6.45, 7) is 6.67. The molecule has 0 radical (unpaired) electrons. The van der Waals surface area contributed by atoms with Crippen LogP contribution in [0.4, 0.5) is 10.5 Å². The zero-order valence-corrected chi connectivity index (χ0v) is 16.4. The van der Waals surface area contributed by atoms with E-state index < -0.39 is 11.4 Å². The molecule has 4 N–H and O–H groups in total. The third-order valence-corrected chi connectivity index (χ3v) is 3.84. The fraction of sp³-hybridized carbons (Fsp3) is 0.474. The van der Waals surface area contributed by atoms with E-state index in [0.29, 0.717) is 24.5 Å². The third-order valence-electron chi connectivity index (χ3n) is 3.84. The minimum absolute atomic E-state index is 0.110. The first-order chi connectivity index (χ1) is 13.2. The van der Waals surface area contributed by atoms with Crippen LogP contribution in [0.25, 0.3) is 0 Å². The van der Waals surface area contributed by atoms with E-state index in [4.69, 9.17) is 25.9 Å². The van der Waals surface area contributed by atoms with Crippen molar-refractivity contribution in [2.45, 2.75) is 45.3 Å². The lowest BCUT2D eigenvalue weighted by Gasteiger charge is -2.34. The summed E-state index contributed by atoms with van der Waals surface area (Å²) in [4.78, 5) is 13.9. The van der Waals surface area contributed by atoms with Gasteiger partial charge in [-0.15, -0.1) is 0 Å². The highest BCUT2D eigenvalue weighted by Crippen LogP contribution is 2.22. The number of rotatable bonds is 5. The van der Waals surface area contributed by atoms with Crippen molar-refractivity contribution in [1.82, 2.24) is 4.90 Å². The number of carbonyl (C=O) groups excluding carboxylic acids is 1. The number of likely N-dealkylation sites (tertiary alicyclic amines) is 1. The van der Waals surface area contributed by atoms with Crippen LogP contribution in [0.1, 0.15) is 33.6 Å². The first-order valence-corrected chi connectivity index (χ1v) is 9.01. The van der Waals surface area contributed by atoms with E-state index >= 15 is 0 Å². The molecule has 1 aliphatic rings. The number of benzene rings is 1. The summed E-state index contributed by atoms with van der Waals surface area (Å²) in [5.41, 5.74) is 7.82. The predicted molar refractivity (Wildman–Crippen MR) is 106 cm³/mol. The number of carbonyl (C=O) groups is 1. The molecular weight excluding hydrogens is 360 g/mol. The summed E-state index contributed by atoms with van der Waals surface area (Å²) in [6, 6.07) is 8.75. The Kier molecular flexibility index (Phi) is 6.82. The Balaban J connectivity index is 1.92. The summed E-state index contributed by atoms with van der Waals surface area (Å²) in [5.74, 6) is 0.263. The molecule has 1 amide bonds. The van der Waals surface area contributed by atoms with Gasteiger partial charge in [0.1, 0.15) is 23.5 Å². The van der Waals surface area contributed by atoms with Crippen molar-refractivity contribution in [1.29, 1.82) is 10.7 Å². The molecule has 1 atom stereocenters. The maximum Gasteiger partial charge on any atom is 0.410 e. The SMILES string of the molecule is CC(C)(C)OC(=O)N1CCCC(Oc2ccc(N/N=C(\C#N)C(=N)N)cc2)C1. The van der Waals surface area contributed by atoms with Gasteiger partial charge in [0.2, 0.25) is 5.71 Å². The van der Waals surface area contributed by atoms with E-state index in [1.807, 2.05) is 20.8 Å². The second-order valence-corrected chi connectivity index (χ2v) is 7.43. The quantitative estimate of drug-likeness (QED) is 0.404. The molecule has 0 aromatic heterocycles. The summed E-state index contributed by atoms with van der Waals surface area (Å²) < 4.78 is 11.4. The minimum Gasteiger partial charge on any atom is -0.489 e. The van der Waals surface area contributed by atoms with Gasteiger partial charge < -0.3 is 20.1 Å². The van der Waals surface area contributed by atoms with Crippen molar-refractivity contribution in [3.8, 4) is 11.8 Å². The van der Waals surface area contributed by atoms with Crippen molar-refractivity contribution < 1.29 is 14.3 Å². The van der Waals surface area contributed by atoms with Crippen LogP contribution in [0.15, 0.2) is 29.4 Å². The Hall–Kier alpha value is -3.28. The number of anilines is 1. The van der Waals surface area contributed by atoms with Gasteiger partial charge >= 0.3 is 6.09 Å². The molecular formula is C19H26N6O3. The lowest BCUT2D eigenvalue weighted by molar-refractivity contribution is 0.00776. The number of ether oxygens (including phenoxy) is 2. The number of nitriles is 1. The standard InChI is InChI=1S/C19H26N6O3/c1-19(2,3)28-18(26)25-10-4-5-15(12-25)27-14-8-6-13(7-9-14)23-24-16(11-20)17(21)22/h6-9,15,23H,4-5,10,12H2,1-3H3,(H3,21,22)/b24-16+. The molecule has 2 rings (SSSR count). The smallest absolute Gasteiger partial charge is 0.410 e. The molecule has 9 nitrogen and oxygen atoms in total. The molecule has 0 spiro atoms. The summed E-state index contributed by atoms with van der Waals surface area (Å²) in [6.07, 6.45) is 1.27. The first-order valence-electron chi connectivity index (χ1n) is 9.01. The maximum atomic E-state index is 12.2. The predicted octanol–water partition coefficient (Wildman–Crippen LogP) is 2.69. The van der Waals surface area contributed by atoms with Crippen molar-refractivity contribution in [3.63, 3.8) is 0 Å². The zero-order valence-electron chi connectivity index (χ0n) is 16.4. The Labute approximate surface area is 164 Å². The Morgan fingerprint density at radius 3 is 2.64 bits per heavy atom. The van der Waals surface area contributed by atoms with Crippen molar-refractivity contribution in [2.24, 2.45) is 10.8 Å². The topological polar surface area (TPSA) is 137 Å². The first kappa shape index (κ1) is 21.0. The number of hydrogen-bond acceptors (Lipinski definition) is 7. The Bertz CT molecular complexity index is 776. The number of nitrogens with zero attached hydrogens (tertiary/aromatic N) is 3. The lowest BCUT2D eigenvalue weighted by atomic mass is 10.1. The molecule has 9 heteroatoms. The second kappa shape index (κ2) is 9.08. The van der Waals surface area contributed by atoms with E-state index in [1.165, 1.54) is 0 Å². The molecule has 1 fully saturated rings. The van der Waals surface area contributed by atoms with Gasteiger partial charge in [-0.1, -0.05) is 0 Å². The molecule has 1 aromatic rings. The fourth-order valence-corrected chi connectivity index (χ4v) is 2.59. The Morgan fingerprint density at radius 1 is 1.39 bits per heavy atom. The van der Waals surface area contributed by atoms with Gasteiger partial charge in [-0.05, 0) is 57.9 Å². The number of amides is 1. The number of hydrogen-bond donors (Lipinski definition) is 3. The molecule has 0 saturated carbocycles. The average molecular weight is 386 g/mol. The lowest BCUT2D eigenvalue weighted by Crippen LogP contribution is -2.46. The normalized spacial score (nSPS) is 17.4. The van der Waals surface area contributed by atoms with Gasteiger partial charge in [0.15, 0.2) is 5.84 Å². The molecule has 1 aliphatic heterocycles. The number of amidine groups is 1. The number of nitrogens with two attached hydrogens (primary N) is 1. The number of nitrogens with one attached hydrogen (secondary N) is 2. The van der Waals surface area contributed by atoms with E-state index in [2.05, 4.69) is 10.5 Å². The van der Waals surface area contributed by atoms with E-state index in [9.17, 15) is 4.79 Å². The molecule has 0 bridgehead atoms. The van der Waals surface area contributed by atoms with Gasteiger partial charge in [-0.2, -0.15) is 10.4 Å². The summed E-state index contributed by atoms with van der Waals surface area (Å²) in [7, 11) is 0. The van der Waals surface area contributed by atoms with Gasteiger partial charge in [0.25, 0.3) is 0 Å². The van der Waals surface area contributed by atoms with Crippen LogP contribution in [-0.2, 0) is 4.74 Å². The fourth-order valence-electron chi connectivity index (χ4n) is 2.59. The van der Waals surface area contributed by atoms with Gasteiger partial charge in [0, 0.05) is 6.54 Å². The van der Waals surface area contributed by atoms with Gasteiger partial charge in [-0.3, -0.25) is 10.8 Å². The van der Waals surface area contributed by atoms with Crippen molar-refractivity contribution in [2.75, 3.05) is 18.5 Å². The van der Waals surface area contributed by atoms with E-state index in [0.717, 1.165) is 12.8 Å². The maximum absolute atomic E-state index is 12.2. The third kappa shape index (κ3) is 6.46. The molecule has 1 saturated heterocycles. The van der Waals surface area contributed by atoms with Crippen LogP contribution in [0.2, 0.25) is 0 Å². The molecule has 28 heavy (non-hydrogen) atoms. The average Bonchev–Trinajstić information content (AvgIpc) is 2.62. The van der Waals surface area contributed by atoms with E-state index in [1.54, 1.807) is 35.2 Å². The molecule has 1 unspecified atom stereocenters. The number of hydrazone groups is 1. The summed E-state index contributed by atoms with van der Waals surface area (Å²) in [5, 5.41) is 19.8. The molecule has 0 aliphatic carbocycles. The van der Waals surface area contributed by atoms with Crippen molar-refractivity contribution >= 4 is 23.3 Å². The minimum atomic E-state index is -0.524. The van der Waals surface area contributed by atoms with Crippen LogP contribution < -0.4 is 15.9 Å². The van der Waals surface area contributed by atoms with Gasteiger partial charge in [0.05, 0.1) is 12.2 Å². The highest BCUT2D eigenvalue weighted by molar-refractivity contribution is 6.45. The highest BCUT2D eigenvalue weighted by Gasteiger charge is 2.28. The second-order valence-electron chi connectivity index (χ2n) is 7.43. The van der Waals surface area contributed by atoms with Crippen LogP contribution in [-0.4, -0.2) is 47.3 Å². The van der Waals surface area contributed by atoms with Crippen LogP contribution in [0.3, 0.4) is 0 Å². The van der Waals surface area contributed by atoms with E-state index in [-0.39, 0.29) is 17.9 Å². The van der Waals surface area contributed by atoms with Crippen LogP contribution in [0.5, 0.6) is 5.75 Å². The molecule has 1 heterocycles. The summed E-state index contributed by atoms with van der Waals surface area (Å²) >= 11 is 0. The number of piperidine rings is 1.